The highest BCUT2D eigenvalue weighted by atomic mass is 79.9. The van der Waals surface area contributed by atoms with Gasteiger partial charge in [-0.15, -0.1) is 0 Å². The molecule has 3 aliphatic rings. The topological polar surface area (TPSA) is 104 Å². The molecule has 8 nitrogen and oxygen atoms in total. The molecule has 3 atom stereocenters. The highest BCUT2D eigenvalue weighted by molar-refractivity contribution is 9.10. The quantitative estimate of drug-likeness (QED) is 0.344. The zero-order valence-corrected chi connectivity index (χ0v) is 25.5. The van der Waals surface area contributed by atoms with Crippen molar-refractivity contribution in [2.45, 2.75) is 69.8 Å². The molecule has 1 fully saturated rings. The second-order valence-electron chi connectivity index (χ2n) is 11.0. The molecule has 41 heavy (non-hydrogen) atoms. The van der Waals surface area contributed by atoms with Crippen LogP contribution >= 0.6 is 15.9 Å². The van der Waals surface area contributed by atoms with Crippen molar-refractivity contribution in [3.05, 3.63) is 57.2 Å². The molecular formula is C32H36BrNO7. The number of allylic oxidation sites excluding steroid dienone is 2. The predicted octanol–water partition coefficient (Wildman–Crippen LogP) is 6.63. The van der Waals surface area contributed by atoms with Crippen molar-refractivity contribution in [2.24, 2.45) is 10.9 Å². The van der Waals surface area contributed by atoms with Crippen molar-refractivity contribution in [1.82, 2.24) is 0 Å². The number of aromatic hydroxyl groups is 1. The van der Waals surface area contributed by atoms with Gasteiger partial charge in [-0.2, -0.15) is 0 Å². The summed E-state index contributed by atoms with van der Waals surface area (Å²) in [7, 11) is 4.65. The molecule has 0 radical (unpaired) electrons. The van der Waals surface area contributed by atoms with Crippen LogP contribution in [0.15, 0.2) is 51.1 Å². The number of halogens is 1. The third-order valence-corrected chi connectivity index (χ3v) is 9.09. The fourth-order valence-corrected chi connectivity index (χ4v) is 6.88. The van der Waals surface area contributed by atoms with Crippen LogP contribution in [0.1, 0.15) is 74.8 Å². The first-order valence-corrected chi connectivity index (χ1v) is 14.8. The van der Waals surface area contributed by atoms with Gasteiger partial charge in [0.15, 0.2) is 28.8 Å². The molecule has 2 aromatic carbocycles. The number of carbonyl (C=O) groups is 2. The van der Waals surface area contributed by atoms with Crippen molar-refractivity contribution in [1.29, 1.82) is 0 Å². The van der Waals surface area contributed by atoms with Gasteiger partial charge in [0.1, 0.15) is 12.0 Å². The zero-order valence-electron chi connectivity index (χ0n) is 23.9. The number of phenolic OH excluding ortho intramolecular Hbond substituents is 1. The molecule has 2 aromatic rings. The van der Waals surface area contributed by atoms with E-state index < -0.39 is 11.8 Å². The molecular weight excluding hydrogens is 590 g/mol. The highest BCUT2D eigenvalue weighted by Gasteiger charge is 2.45. The third kappa shape index (κ3) is 5.73. The number of benzene rings is 2. The molecule has 0 aromatic heterocycles. The summed E-state index contributed by atoms with van der Waals surface area (Å²) in [5.74, 6) is -0.495. The first-order valence-electron chi connectivity index (χ1n) is 14.1. The first kappa shape index (κ1) is 29.2. The average molecular weight is 627 g/mol. The second kappa shape index (κ2) is 12.3. The Balaban J connectivity index is 1.57. The normalized spacial score (nSPS) is 23.0. The van der Waals surface area contributed by atoms with E-state index in [0.29, 0.717) is 44.9 Å². The van der Waals surface area contributed by atoms with Gasteiger partial charge in [0, 0.05) is 29.3 Å². The molecule has 1 aliphatic heterocycles. The summed E-state index contributed by atoms with van der Waals surface area (Å²) in [6, 6.07) is 9.15. The molecule has 1 unspecified atom stereocenters. The van der Waals surface area contributed by atoms with Gasteiger partial charge in [-0.1, -0.05) is 12.5 Å². The maximum Gasteiger partial charge on any atom is 0.315 e. The average Bonchev–Trinajstić information content (AvgIpc) is 2.97. The molecule has 5 rings (SSSR count). The molecule has 218 valence electrons. The van der Waals surface area contributed by atoms with Crippen LogP contribution in [0.4, 0.5) is 0 Å². The maximum atomic E-state index is 14.0. The minimum atomic E-state index is -0.765. The smallest absolute Gasteiger partial charge is 0.315 e. The lowest BCUT2D eigenvalue weighted by Crippen LogP contribution is -2.39. The van der Waals surface area contributed by atoms with Gasteiger partial charge >= 0.3 is 5.97 Å². The van der Waals surface area contributed by atoms with Gasteiger partial charge < -0.3 is 24.1 Å². The molecule has 0 spiro atoms. The molecule has 0 amide bonds. The summed E-state index contributed by atoms with van der Waals surface area (Å²) in [4.78, 5) is 32.7. The van der Waals surface area contributed by atoms with Gasteiger partial charge in [0.2, 0.25) is 0 Å². The zero-order chi connectivity index (χ0) is 29.3. The number of carbonyl (C=O) groups excluding carboxylic acids is 2. The number of nitrogens with zero attached hydrogens (tertiary/aromatic N) is 1. The van der Waals surface area contributed by atoms with Gasteiger partial charge in [-0.3, -0.25) is 14.6 Å². The van der Waals surface area contributed by atoms with E-state index in [0.717, 1.165) is 37.7 Å². The predicted molar refractivity (Wildman–Crippen MR) is 158 cm³/mol. The van der Waals surface area contributed by atoms with E-state index in [2.05, 4.69) is 15.9 Å². The fraction of sp³-hybridized carbons (Fsp3) is 0.469. The minimum Gasteiger partial charge on any atom is -0.503 e. The number of methoxy groups -OCH3 is 3. The number of Topliss-reactive ketones (excluding diaryl/α,β-unsaturated/α-hetero) is 1. The van der Waals surface area contributed by atoms with Crippen molar-refractivity contribution in [3.63, 3.8) is 0 Å². The number of phenols is 1. The second-order valence-corrected chi connectivity index (χ2v) is 11.8. The first-order chi connectivity index (χ1) is 19.7. The summed E-state index contributed by atoms with van der Waals surface area (Å²) in [5, 5.41) is 10.5. The highest BCUT2D eigenvalue weighted by Crippen LogP contribution is 2.49. The monoisotopic (exact) mass is 625 g/mol. The summed E-state index contributed by atoms with van der Waals surface area (Å²) in [6.45, 7) is 1.83. The Hall–Kier alpha value is -3.33. The summed E-state index contributed by atoms with van der Waals surface area (Å²) in [6.07, 6.45) is 5.58. The number of ketones is 1. The number of hydrogen-bond acceptors (Lipinski definition) is 8. The van der Waals surface area contributed by atoms with Crippen LogP contribution in [0.5, 0.6) is 23.0 Å². The van der Waals surface area contributed by atoms with E-state index in [4.69, 9.17) is 23.9 Å². The van der Waals surface area contributed by atoms with Crippen LogP contribution in [0, 0.1) is 5.92 Å². The Morgan fingerprint density at radius 3 is 2.29 bits per heavy atom. The molecule has 9 heteroatoms. The Labute approximate surface area is 248 Å². The third-order valence-electron chi connectivity index (χ3n) is 8.49. The van der Waals surface area contributed by atoms with Crippen molar-refractivity contribution < 1.29 is 33.6 Å². The lowest BCUT2D eigenvalue weighted by Gasteiger charge is -2.37. The summed E-state index contributed by atoms with van der Waals surface area (Å²) in [5.41, 5.74) is 3.45. The lowest BCUT2D eigenvalue weighted by molar-refractivity contribution is -0.153. The Morgan fingerprint density at radius 2 is 1.61 bits per heavy atom. The minimum absolute atomic E-state index is 0.0449. The fourth-order valence-electron chi connectivity index (χ4n) is 6.42. The van der Waals surface area contributed by atoms with Crippen LogP contribution in [0.25, 0.3) is 0 Å². The number of hydrogen-bond donors (Lipinski definition) is 1. The van der Waals surface area contributed by atoms with E-state index in [1.807, 2.05) is 25.1 Å². The van der Waals surface area contributed by atoms with E-state index in [1.54, 1.807) is 26.4 Å². The number of rotatable bonds is 7. The van der Waals surface area contributed by atoms with Crippen LogP contribution in [0.2, 0.25) is 0 Å². The number of ether oxygens (including phenoxy) is 4. The molecule has 1 saturated carbocycles. The molecule has 1 N–H and O–H groups in total. The van der Waals surface area contributed by atoms with Crippen LogP contribution in [0.3, 0.4) is 0 Å². The molecule has 0 bridgehead atoms. The van der Waals surface area contributed by atoms with Crippen LogP contribution < -0.4 is 14.2 Å². The number of aliphatic imine (C=N–C) groups is 1. The molecule has 2 aliphatic carbocycles. The largest absolute Gasteiger partial charge is 0.503 e. The Morgan fingerprint density at radius 1 is 0.927 bits per heavy atom. The van der Waals surface area contributed by atoms with Crippen molar-refractivity contribution >= 4 is 33.4 Å². The maximum absolute atomic E-state index is 14.0. The van der Waals surface area contributed by atoms with Crippen molar-refractivity contribution in [3.8, 4) is 23.0 Å². The van der Waals surface area contributed by atoms with E-state index >= 15 is 0 Å². The van der Waals surface area contributed by atoms with E-state index in [-0.39, 0.29) is 41.7 Å². The SMILES string of the molecule is COc1ccc([C@H]2CC(=O)C3=C(C2)N=C(C)C(C(=O)OC2CCCCC2)[C@@H]3c2cc(Br)c(O)c(OC)c2)cc1OC. The summed E-state index contributed by atoms with van der Waals surface area (Å²) < 4.78 is 22.8. The van der Waals surface area contributed by atoms with E-state index in [1.165, 1.54) is 7.11 Å². The standard InChI is InChI=1S/C32H36BrNO7/c1-17-28(32(37)41-21-8-6-5-7-9-21)29(20-12-22(33)31(36)27(16-20)40-4)30-23(34-17)13-19(14-24(30)35)18-10-11-25(38-2)26(15-18)39-3/h10-12,15-16,19,21,28-29,36H,5-9,13-14H2,1-4H3/t19-,28?,29+/m1/s1. The molecule has 1 heterocycles. The van der Waals surface area contributed by atoms with Gasteiger partial charge in [0.05, 0.1) is 25.8 Å². The lowest BCUT2D eigenvalue weighted by atomic mass is 9.69. The van der Waals surface area contributed by atoms with Crippen molar-refractivity contribution in [2.75, 3.05) is 21.3 Å². The van der Waals surface area contributed by atoms with Crippen LogP contribution in [-0.2, 0) is 14.3 Å². The number of esters is 1. The van der Waals surface area contributed by atoms with Gasteiger partial charge in [-0.25, -0.2) is 0 Å². The van der Waals surface area contributed by atoms with Crippen LogP contribution in [-0.4, -0.2) is 50.0 Å². The van der Waals surface area contributed by atoms with Gasteiger partial charge in [-0.05, 0) is 96.3 Å². The van der Waals surface area contributed by atoms with Gasteiger partial charge in [0.25, 0.3) is 0 Å². The Bertz CT molecular complexity index is 1410. The summed E-state index contributed by atoms with van der Waals surface area (Å²) >= 11 is 3.43. The Kier molecular flexibility index (Phi) is 8.73. The molecule has 0 saturated heterocycles. The van der Waals surface area contributed by atoms with E-state index in [9.17, 15) is 14.7 Å².